The number of hydrogen-bond donors (Lipinski definition) is 1. The van der Waals surface area contributed by atoms with E-state index in [0.717, 1.165) is 5.56 Å². The lowest BCUT2D eigenvalue weighted by Crippen LogP contribution is -2.53. The molecule has 0 saturated carbocycles. The predicted molar refractivity (Wildman–Crippen MR) is 118 cm³/mol. The van der Waals surface area contributed by atoms with Crippen LogP contribution in [0.25, 0.3) is 0 Å². The van der Waals surface area contributed by atoms with E-state index >= 15 is 0 Å². The standard InChI is InChI=1S/C21H25ClN4O4/c1-14-4-7-20(30-3)17(12-14)23-21(27)15(2)24-8-10-25(11-9-24)18-6-5-16(22)13-19(18)26(28)29/h4-7,12-13,15H,8-11H2,1-3H3,(H,23,27). The molecular formula is C21H25ClN4O4. The third-order valence-corrected chi connectivity index (χ3v) is 5.56. The topological polar surface area (TPSA) is 88.0 Å². The first kappa shape index (κ1) is 21.9. The van der Waals surface area contributed by atoms with Crippen LogP contribution in [0, 0.1) is 17.0 Å². The van der Waals surface area contributed by atoms with Crippen LogP contribution in [0.1, 0.15) is 12.5 Å². The van der Waals surface area contributed by atoms with E-state index in [1.165, 1.54) is 6.07 Å². The van der Waals surface area contributed by atoms with E-state index in [9.17, 15) is 14.9 Å². The van der Waals surface area contributed by atoms with E-state index in [-0.39, 0.29) is 17.6 Å². The average Bonchev–Trinajstić information content (AvgIpc) is 2.73. The summed E-state index contributed by atoms with van der Waals surface area (Å²) in [5, 5.41) is 14.7. The number of hydrogen-bond acceptors (Lipinski definition) is 6. The number of nitro benzene ring substituents is 1. The highest BCUT2D eigenvalue weighted by atomic mass is 35.5. The number of anilines is 2. The van der Waals surface area contributed by atoms with E-state index in [1.54, 1.807) is 19.2 Å². The largest absolute Gasteiger partial charge is 0.495 e. The zero-order valence-electron chi connectivity index (χ0n) is 17.2. The van der Waals surface area contributed by atoms with Gasteiger partial charge in [0.15, 0.2) is 0 Å². The van der Waals surface area contributed by atoms with Gasteiger partial charge in [-0.3, -0.25) is 19.8 Å². The van der Waals surface area contributed by atoms with Gasteiger partial charge in [0.05, 0.1) is 23.8 Å². The molecule has 30 heavy (non-hydrogen) atoms. The highest BCUT2D eigenvalue weighted by Gasteiger charge is 2.28. The second kappa shape index (κ2) is 9.32. The molecule has 8 nitrogen and oxygen atoms in total. The Kier molecular flexibility index (Phi) is 6.79. The lowest BCUT2D eigenvalue weighted by atomic mass is 10.1. The minimum Gasteiger partial charge on any atom is -0.495 e. The Morgan fingerprint density at radius 1 is 1.20 bits per heavy atom. The molecule has 2 aromatic rings. The zero-order chi connectivity index (χ0) is 21.8. The van der Waals surface area contributed by atoms with Crippen LogP contribution in [0.2, 0.25) is 5.02 Å². The predicted octanol–water partition coefficient (Wildman–Crippen LogP) is 3.71. The first-order chi connectivity index (χ1) is 14.3. The summed E-state index contributed by atoms with van der Waals surface area (Å²) >= 11 is 5.91. The third-order valence-electron chi connectivity index (χ3n) is 5.33. The van der Waals surface area contributed by atoms with Crippen molar-refractivity contribution in [1.82, 2.24) is 4.90 Å². The molecule has 1 N–H and O–H groups in total. The van der Waals surface area contributed by atoms with Crippen molar-refractivity contribution in [2.75, 3.05) is 43.5 Å². The van der Waals surface area contributed by atoms with Crippen LogP contribution < -0.4 is 15.0 Å². The van der Waals surface area contributed by atoms with Crippen molar-refractivity contribution in [3.63, 3.8) is 0 Å². The van der Waals surface area contributed by atoms with Gasteiger partial charge in [0.2, 0.25) is 5.91 Å². The second-order valence-corrected chi connectivity index (χ2v) is 7.72. The Hall–Kier alpha value is -2.84. The first-order valence-electron chi connectivity index (χ1n) is 9.68. The van der Waals surface area contributed by atoms with Crippen LogP contribution >= 0.6 is 11.6 Å². The summed E-state index contributed by atoms with van der Waals surface area (Å²) in [6, 6.07) is 9.98. The lowest BCUT2D eigenvalue weighted by Gasteiger charge is -2.38. The summed E-state index contributed by atoms with van der Waals surface area (Å²) in [6.07, 6.45) is 0. The Bertz CT molecular complexity index is 945. The zero-order valence-corrected chi connectivity index (χ0v) is 18.0. The number of halogens is 1. The van der Waals surface area contributed by atoms with Gasteiger partial charge >= 0.3 is 0 Å². The van der Waals surface area contributed by atoms with Gasteiger partial charge in [0.1, 0.15) is 11.4 Å². The summed E-state index contributed by atoms with van der Waals surface area (Å²) in [5.74, 6) is 0.492. The van der Waals surface area contributed by atoms with Crippen LogP contribution in [0.5, 0.6) is 5.75 Å². The Morgan fingerprint density at radius 2 is 1.90 bits per heavy atom. The SMILES string of the molecule is COc1ccc(C)cc1NC(=O)C(C)N1CCN(c2ccc(Cl)cc2[N+](=O)[O-])CC1. The van der Waals surface area contributed by atoms with Crippen molar-refractivity contribution in [2.24, 2.45) is 0 Å². The summed E-state index contributed by atoms with van der Waals surface area (Å²) in [5.41, 5.74) is 2.21. The van der Waals surface area contributed by atoms with Crippen molar-refractivity contribution in [3.8, 4) is 5.75 Å². The fourth-order valence-electron chi connectivity index (χ4n) is 3.58. The molecule has 1 atom stereocenters. The van der Waals surface area contributed by atoms with Gasteiger partial charge < -0.3 is 15.0 Å². The summed E-state index contributed by atoms with van der Waals surface area (Å²) in [7, 11) is 1.57. The molecule has 0 radical (unpaired) electrons. The van der Waals surface area contributed by atoms with E-state index in [0.29, 0.717) is 48.3 Å². The second-order valence-electron chi connectivity index (χ2n) is 7.28. The molecule has 1 amide bonds. The number of benzene rings is 2. The first-order valence-corrected chi connectivity index (χ1v) is 10.1. The highest BCUT2D eigenvalue weighted by Crippen LogP contribution is 2.32. The molecule has 160 valence electrons. The summed E-state index contributed by atoms with van der Waals surface area (Å²) < 4.78 is 5.33. The molecule has 1 saturated heterocycles. The van der Waals surface area contributed by atoms with Crippen LogP contribution in [-0.2, 0) is 4.79 Å². The Morgan fingerprint density at radius 3 is 2.53 bits per heavy atom. The molecule has 0 bridgehead atoms. The minimum absolute atomic E-state index is 0.00622. The van der Waals surface area contributed by atoms with Crippen molar-refractivity contribution in [3.05, 3.63) is 57.1 Å². The van der Waals surface area contributed by atoms with Gasteiger partial charge in [-0.25, -0.2) is 0 Å². The Balaban J connectivity index is 1.64. The van der Waals surface area contributed by atoms with E-state index in [2.05, 4.69) is 10.2 Å². The number of nitro groups is 1. The van der Waals surface area contributed by atoms with E-state index in [4.69, 9.17) is 16.3 Å². The van der Waals surface area contributed by atoms with Gasteiger partial charge in [-0.05, 0) is 43.7 Å². The molecule has 1 heterocycles. The van der Waals surface area contributed by atoms with Crippen molar-refractivity contribution < 1.29 is 14.5 Å². The normalized spacial score (nSPS) is 15.5. The fourth-order valence-corrected chi connectivity index (χ4v) is 3.75. The number of amides is 1. The number of piperazine rings is 1. The molecule has 0 spiro atoms. The third kappa shape index (κ3) is 4.83. The maximum absolute atomic E-state index is 12.8. The molecule has 1 aliphatic heterocycles. The van der Waals surface area contributed by atoms with Crippen molar-refractivity contribution in [2.45, 2.75) is 19.9 Å². The molecule has 1 unspecified atom stereocenters. The van der Waals surface area contributed by atoms with E-state index in [1.807, 2.05) is 36.9 Å². The monoisotopic (exact) mass is 432 g/mol. The minimum atomic E-state index is -0.418. The summed E-state index contributed by atoms with van der Waals surface area (Å²) in [6.45, 7) is 6.19. The van der Waals surface area contributed by atoms with Crippen LogP contribution in [0.15, 0.2) is 36.4 Å². The molecule has 3 rings (SSSR count). The van der Waals surface area contributed by atoms with Crippen LogP contribution in [0.3, 0.4) is 0 Å². The van der Waals surface area contributed by atoms with Gasteiger partial charge in [0, 0.05) is 37.3 Å². The molecule has 0 aliphatic carbocycles. The number of aryl methyl sites for hydroxylation is 1. The maximum atomic E-state index is 12.8. The smallest absolute Gasteiger partial charge is 0.294 e. The summed E-state index contributed by atoms with van der Waals surface area (Å²) in [4.78, 5) is 27.8. The van der Waals surface area contributed by atoms with Crippen molar-refractivity contribution in [1.29, 1.82) is 0 Å². The molecular weight excluding hydrogens is 408 g/mol. The number of rotatable bonds is 6. The average molecular weight is 433 g/mol. The number of nitrogens with zero attached hydrogens (tertiary/aromatic N) is 3. The Labute approximate surface area is 180 Å². The van der Waals surface area contributed by atoms with E-state index < -0.39 is 4.92 Å². The molecule has 1 aliphatic rings. The van der Waals surface area contributed by atoms with Crippen molar-refractivity contribution >= 4 is 34.6 Å². The van der Waals surface area contributed by atoms with Crippen LogP contribution in [-0.4, -0.2) is 55.1 Å². The number of ether oxygens (including phenoxy) is 1. The highest BCUT2D eigenvalue weighted by molar-refractivity contribution is 6.30. The quantitative estimate of drug-likeness (QED) is 0.553. The molecule has 2 aromatic carbocycles. The molecule has 9 heteroatoms. The maximum Gasteiger partial charge on any atom is 0.294 e. The number of carbonyl (C=O) groups is 1. The fraction of sp³-hybridized carbons (Fsp3) is 0.381. The van der Waals surface area contributed by atoms with Gasteiger partial charge in [-0.2, -0.15) is 0 Å². The van der Waals surface area contributed by atoms with Gasteiger partial charge in [-0.15, -0.1) is 0 Å². The van der Waals surface area contributed by atoms with Gasteiger partial charge in [0.25, 0.3) is 5.69 Å². The number of carbonyl (C=O) groups excluding carboxylic acids is 1. The van der Waals surface area contributed by atoms with Gasteiger partial charge in [-0.1, -0.05) is 17.7 Å². The number of methoxy groups -OCH3 is 1. The number of nitrogens with one attached hydrogen (secondary N) is 1. The lowest BCUT2D eigenvalue weighted by molar-refractivity contribution is -0.384. The molecule has 1 fully saturated rings. The molecule has 0 aromatic heterocycles. The van der Waals surface area contributed by atoms with Crippen LogP contribution in [0.4, 0.5) is 17.1 Å².